The molecule has 1 unspecified atom stereocenters. The van der Waals surface area contributed by atoms with Crippen LogP contribution in [0, 0.1) is 19.8 Å². The highest BCUT2D eigenvalue weighted by atomic mass is 16.5. The fourth-order valence-electron chi connectivity index (χ4n) is 3.50. The van der Waals surface area contributed by atoms with E-state index in [-0.39, 0.29) is 12.1 Å². The third-order valence-corrected chi connectivity index (χ3v) is 4.92. The standard InChI is InChI=1S/C19H26N4O2/c1-5-16-11(2)21-12(3)22-19(16)23-18(14-8-15(24)9-14)13-6-7-17(25-4)20-10-13/h6-7,10,14-15,18,24H,5,8-9H2,1-4H3,(H,21,22,23). The highest BCUT2D eigenvalue weighted by Gasteiger charge is 2.35. The van der Waals surface area contributed by atoms with Crippen LogP contribution in [0.25, 0.3) is 0 Å². The molecule has 0 aromatic carbocycles. The fourth-order valence-corrected chi connectivity index (χ4v) is 3.50. The maximum absolute atomic E-state index is 9.76. The number of aryl methyl sites for hydroxylation is 2. The summed E-state index contributed by atoms with van der Waals surface area (Å²) >= 11 is 0. The van der Waals surface area contributed by atoms with Crippen molar-refractivity contribution in [3.63, 3.8) is 0 Å². The van der Waals surface area contributed by atoms with Gasteiger partial charge in [-0.1, -0.05) is 13.0 Å². The van der Waals surface area contributed by atoms with Gasteiger partial charge in [-0.15, -0.1) is 0 Å². The van der Waals surface area contributed by atoms with Gasteiger partial charge in [-0.05, 0) is 44.6 Å². The lowest BCUT2D eigenvalue weighted by molar-refractivity contribution is 0.0338. The van der Waals surface area contributed by atoms with Gasteiger partial charge in [-0.3, -0.25) is 0 Å². The molecule has 134 valence electrons. The Morgan fingerprint density at radius 1 is 1.28 bits per heavy atom. The lowest BCUT2D eigenvalue weighted by Gasteiger charge is -2.38. The maximum Gasteiger partial charge on any atom is 0.212 e. The van der Waals surface area contributed by atoms with Crippen molar-refractivity contribution in [2.24, 2.45) is 5.92 Å². The molecule has 2 heterocycles. The van der Waals surface area contributed by atoms with Gasteiger partial charge >= 0.3 is 0 Å². The van der Waals surface area contributed by atoms with Crippen molar-refractivity contribution in [2.45, 2.75) is 52.2 Å². The molecule has 1 fully saturated rings. The predicted octanol–water partition coefficient (Wildman–Crippen LogP) is 2.98. The predicted molar refractivity (Wildman–Crippen MR) is 96.8 cm³/mol. The first-order valence-electron chi connectivity index (χ1n) is 8.80. The Morgan fingerprint density at radius 2 is 2.04 bits per heavy atom. The molecular weight excluding hydrogens is 316 g/mol. The minimum atomic E-state index is -0.208. The van der Waals surface area contributed by atoms with Crippen LogP contribution in [0.3, 0.4) is 0 Å². The molecule has 0 amide bonds. The van der Waals surface area contributed by atoms with E-state index in [1.807, 2.05) is 32.2 Å². The summed E-state index contributed by atoms with van der Waals surface area (Å²) in [7, 11) is 1.61. The molecule has 0 spiro atoms. The van der Waals surface area contributed by atoms with Gasteiger partial charge in [0.25, 0.3) is 0 Å². The Bertz CT molecular complexity index is 727. The van der Waals surface area contributed by atoms with Crippen LogP contribution in [-0.2, 0) is 6.42 Å². The van der Waals surface area contributed by atoms with Gasteiger partial charge in [0, 0.05) is 23.5 Å². The van der Waals surface area contributed by atoms with Crippen LogP contribution in [0.1, 0.15) is 48.5 Å². The zero-order valence-corrected chi connectivity index (χ0v) is 15.3. The maximum atomic E-state index is 9.76. The van der Waals surface area contributed by atoms with Gasteiger partial charge in [-0.25, -0.2) is 15.0 Å². The third-order valence-electron chi connectivity index (χ3n) is 4.92. The van der Waals surface area contributed by atoms with Crippen molar-refractivity contribution in [1.82, 2.24) is 15.0 Å². The van der Waals surface area contributed by atoms with E-state index >= 15 is 0 Å². The highest BCUT2D eigenvalue weighted by Crippen LogP contribution is 2.40. The molecule has 0 saturated heterocycles. The second-order valence-corrected chi connectivity index (χ2v) is 6.68. The number of rotatable bonds is 6. The Balaban J connectivity index is 1.93. The smallest absolute Gasteiger partial charge is 0.212 e. The normalized spacial score (nSPS) is 20.7. The number of anilines is 1. The average Bonchev–Trinajstić information content (AvgIpc) is 2.57. The Morgan fingerprint density at radius 3 is 2.60 bits per heavy atom. The topological polar surface area (TPSA) is 80.2 Å². The minimum absolute atomic E-state index is 0.0563. The quantitative estimate of drug-likeness (QED) is 0.840. The van der Waals surface area contributed by atoms with Crippen LogP contribution in [0.2, 0.25) is 0 Å². The van der Waals surface area contributed by atoms with Gasteiger partial charge < -0.3 is 15.2 Å². The first-order chi connectivity index (χ1) is 12.0. The summed E-state index contributed by atoms with van der Waals surface area (Å²) in [6, 6.07) is 3.96. The molecule has 6 nitrogen and oxygen atoms in total. The van der Waals surface area contributed by atoms with Crippen LogP contribution in [0.4, 0.5) is 5.82 Å². The van der Waals surface area contributed by atoms with Crippen molar-refractivity contribution in [1.29, 1.82) is 0 Å². The molecule has 0 bridgehead atoms. The SMILES string of the molecule is CCc1c(C)nc(C)nc1NC(c1ccc(OC)nc1)C1CC(O)C1. The fraction of sp³-hybridized carbons (Fsp3) is 0.526. The summed E-state index contributed by atoms with van der Waals surface area (Å²) in [5.41, 5.74) is 3.23. The molecule has 2 N–H and O–H groups in total. The first kappa shape index (κ1) is 17.6. The Kier molecular flexibility index (Phi) is 5.18. The average molecular weight is 342 g/mol. The lowest BCUT2D eigenvalue weighted by Crippen LogP contribution is -2.36. The molecule has 3 rings (SSSR count). The van der Waals surface area contributed by atoms with Crippen molar-refractivity contribution < 1.29 is 9.84 Å². The second kappa shape index (κ2) is 7.35. The lowest BCUT2D eigenvalue weighted by atomic mass is 9.75. The van der Waals surface area contributed by atoms with Gasteiger partial charge in [-0.2, -0.15) is 0 Å². The van der Waals surface area contributed by atoms with E-state index in [0.29, 0.717) is 11.8 Å². The number of aliphatic hydroxyl groups excluding tert-OH is 1. The summed E-state index contributed by atoms with van der Waals surface area (Å²) in [5, 5.41) is 13.4. The summed E-state index contributed by atoms with van der Waals surface area (Å²) in [4.78, 5) is 13.5. The number of aliphatic hydroxyl groups is 1. The molecule has 0 radical (unpaired) electrons. The van der Waals surface area contributed by atoms with E-state index in [9.17, 15) is 5.11 Å². The summed E-state index contributed by atoms with van der Waals surface area (Å²) in [6.45, 7) is 6.05. The van der Waals surface area contributed by atoms with Gasteiger partial charge in [0.1, 0.15) is 11.6 Å². The van der Waals surface area contributed by atoms with Crippen LogP contribution in [0.15, 0.2) is 18.3 Å². The summed E-state index contributed by atoms with van der Waals surface area (Å²) < 4.78 is 5.16. The Labute approximate surface area is 148 Å². The molecule has 1 aliphatic rings. The van der Waals surface area contributed by atoms with Crippen molar-refractivity contribution in [3.8, 4) is 5.88 Å². The molecule has 1 saturated carbocycles. The summed E-state index contributed by atoms with van der Waals surface area (Å²) in [6.07, 6.45) is 4.07. The van der Waals surface area contributed by atoms with E-state index < -0.39 is 0 Å². The third kappa shape index (κ3) is 3.74. The van der Waals surface area contributed by atoms with E-state index in [1.165, 1.54) is 0 Å². The number of hydrogen-bond donors (Lipinski definition) is 2. The second-order valence-electron chi connectivity index (χ2n) is 6.68. The largest absolute Gasteiger partial charge is 0.481 e. The van der Waals surface area contributed by atoms with E-state index in [0.717, 1.165) is 47.7 Å². The van der Waals surface area contributed by atoms with E-state index in [1.54, 1.807) is 7.11 Å². The molecule has 1 atom stereocenters. The molecule has 6 heteroatoms. The zero-order chi connectivity index (χ0) is 18.0. The highest BCUT2D eigenvalue weighted by molar-refractivity contribution is 5.48. The number of hydrogen-bond acceptors (Lipinski definition) is 6. The molecule has 25 heavy (non-hydrogen) atoms. The number of methoxy groups -OCH3 is 1. The monoisotopic (exact) mass is 342 g/mol. The zero-order valence-electron chi connectivity index (χ0n) is 15.3. The number of pyridine rings is 1. The molecule has 2 aromatic heterocycles. The van der Waals surface area contributed by atoms with Crippen molar-refractivity contribution >= 4 is 5.82 Å². The number of nitrogens with one attached hydrogen (secondary N) is 1. The number of aromatic nitrogens is 3. The molecule has 0 aliphatic heterocycles. The van der Waals surface area contributed by atoms with Gasteiger partial charge in [0.05, 0.1) is 19.3 Å². The van der Waals surface area contributed by atoms with Crippen molar-refractivity contribution in [3.05, 3.63) is 41.0 Å². The van der Waals surface area contributed by atoms with E-state index in [2.05, 4.69) is 27.2 Å². The van der Waals surface area contributed by atoms with Gasteiger partial charge in [0.2, 0.25) is 5.88 Å². The van der Waals surface area contributed by atoms with Crippen LogP contribution < -0.4 is 10.1 Å². The molecular formula is C19H26N4O2. The van der Waals surface area contributed by atoms with E-state index in [4.69, 9.17) is 4.74 Å². The van der Waals surface area contributed by atoms with Crippen LogP contribution in [-0.4, -0.2) is 33.3 Å². The minimum Gasteiger partial charge on any atom is -0.481 e. The number of ether oxygens (including phenoxy) is 1. The number of nitrogens with zero attached hydrogens (tertiary/aromatic N) is 3. The molecule has 2 aromatic rings. The van der Waals surface area contributed by atoms with Crippen molar-refractivity contribution in [2.75, 3.05) is 12.4 Å². The Hall–Kier alpha value is -2.21. The summed E-state index contributed by atoms with van der Waals surface area (Å²) in [5.74, 6) is 2.59. The molecule has 1 aliphatic carbocycles. The van der Waals surface area contributed by atoms with Crippen LogP contribution >= 0.6 is 0 Å². The van der Waals surface area contributed by atoms with Crippen LogP contribution in [0.5, 0.6) is 5.88 Å². The van der Waals surface area contributed by atoms with Gasteiger partial charge in [0.15, 0.2) is 0 Å². The first-order valence-corrected chi connectivity index (χ1v) is 8.80.